The molecule has 4 rings (SSSR count). The van der Waals surface area contributed by atoms with Gasteiger partial charge in [0.25, 0.3) is 0 Å². The molecule has 7 nitrogen and oxygen atoms in total. The number of methoxy groups -OCH3 is 1. The first-order valence-corrected chi connectivity index (χ1v) is 12.0. The molecular formula is C26H27NO6S. The molecule has 1 aromatic carbocycles. The zero-order valence-electron chi connectivity index (χ0n) is 19.3. The first-order chi connectivity index (χ1) is 16.4. The minimum absolute atomic E-state index is 0.0589. The summed E-state index contributed by atoms with van der Waals surface area (Å²) in [6.07, 6.45) is 0.507. The maximum absolute atomic E-state index is 13.6. The van der Waals surface area contributed by atoms with Gasteiger partial charge in [0.2, 0.25) is 0 Å². The van der Waals surface area contributed by atoms with Crippen LogP contribution in [-0.2, 0) is 23.9 Å². The second kappa shape index (κ2) is 10.3. The fourth-order valence-electron chi connectivity index (χ4n) is 4.58. The molecule has 0 spiro atoms. The van der Waals surface area contributed by atoms with Crippen LogP contribution in [0.3, 0.4) is 0 Å². The number of ketones is 1. The van der Waals surface area contributed by atoms with E-state index in [1.807, 2.05) is 61.7 Å². The van der Waals surface area contributed by atoms with Gasteiger partial charge in [-0.2, -0.15) is 0 Å². The molecule has 1 aliphatic heterocycles. The summed E-state index contributed by atoms with van der Waals surface area (Å²) in [6, 6.07) is 13.0. The summed E-state index contributed by atoms with van der Waals surface area (Å²) in [5.41, 5.74) is 2.20. The minimum atomic E-state index is -0.900. The van der Waals surface area contributed by atoms with Gasteiger partial charge in [-0.3, -0.25) is 9.59 Å². The molecule has 0 saturated carbocycles. The molecule has 34 heavy (non-hydrogen) atoms. The topological polar surface area (TPSA) is 90.9 Å². The van der Waals surface area contributed by atoms with Crippen LogP contribution in [0.2, 0.25) is 0 Å². The SMILES string of the molecule is COC(=O)C1C(=O)C2=C(CC1C)NC(C)=C(C(=O)OCCOc1ccccc1)C2c1cccs1. The van der Waals surface area contributed by atoms with Gasteiger partial charge in [0.05, 0.1) is 18.6 Å². The van der Waals surface area contributed by atoms with Gasteiger partial charge in [-0.25, -0.2) is 4.79 Å². The van der Waals surface area contributed by atoms with E-state index in [1.165, 1.54) is 18.4 Å². The van der Waals surface area contributed by atoms with Crippen molar-refractivity contribution in [1.29, 1.82) is 0 Å². The van der Waals surface area contributed by atoms with Crippen molar-refractivity contribution in [2.45, 2.75) is 26.2 Å². The number of hydrogen-bond acceptors (Lipinski definition) is 8. The summed E-state index contributed by atoms with van der Waals surface area (Å²) >= 11 is 1.46. The molecule has 2 aromatic rings. The Balaban J connectivity index is 1.59. The van der Waals surface area contributed by atoms with Crippen LogP contribution in [0.5, 0.6) is 5.75 Å². The van der Waals surface area contributed by atoms with Crippen LogP contribution in [-0.4, -0.2) is 38.0 Å². The Hall–Kier alpha value is -3.39. The van der Waals surface area contributed by atoms with E-state index in [-0.39, 0.29) is 24.9 Å². The third-order valence-electron chi connectivity index (χ3n) is 6.12. The van der Waals surface area contributed by atoms with Crippen LogP contribution in [0, 0.1) is 11.8 Å². The molecule has 2 aliphatic rings. The van der Waals surface area contributed by atoms with Crippen molar-refractivity contribution in [3.05, 3.63) is 75.3 Å². The summed E-state index contributed by atoms with van der Waals surface area (Å²) in [5.74, 6) is -2.41. The van der Waals surface area contributed by atoms with E-state index in [0.717, 1.165) is 10.6 Å². The van der Waals surface area contributed by atoms with E-state index < -0.39 is 23.8 Å². The summed E-state index contributed by atoms with van der Waals surface area (Å²) in [4.78, 5) is 40.1. The van der Waals surface area contributed by atoms with Gasteiger partial charge in [0, 0.05) is 21.8 Å². The Morgan fingerprint density at radius 1 is 1.12 bits per heavy atom. The molecule has 1 aromatic heterocycles. The van der Waals surface area contributed by atoms with E-state index in [1.54, 1.807) is 0 Å². The maximum atomic E-state index is 13.6. The van der Waals surface area contributed by atoms with E-state index in [4.69, 9.17) is 14.2 Å². The van der Waals surface area contributed by atoms with Crippen LogP contribution in [0.1, 0.15) is 31.1 Å². The third kappa shape index (κ3) is 4.63. The monoisotopic (exact) mass is 481 g/mol. The number of thiophene rings is 1. The lowest BCUT2D eigenvalue weighted by atomic mass is 9.70. The molecule has 1 aliphatic carbocycles. The number of allylic oxidation sites excluding steroid dienone is 3. The predicted molar refractivity (Wildman–Crippen MR) is 127 cm³/mol. The van der Waals surface area contributed by atoms with Gasteiger partial charge in [-0.15, -0.1) is 11.3 Å². The summed E-state index contributed by atoms with van der Waals surface area (Å²) in [6.45, 7) is 3.93. The molecule has 0 saturated heterocycles. The number of rotatable bonds is 7. The Morgan fingerprint density at radius 2 is 1.88 bits per heavy atom. The Morgan fingerprint density at radius 3 is 2.56 bits per heavy atom. The van der Waals surface area contributed by atoms with Crippen molar-refractivity contribution >= 4 is 29.1 Å². The van der Waals surface area contributed by atoms with Gasteiger partial charge in [0.1, 0.15) is 24.9 Å². The molecule has 1 N–H and O–H groups in total. The Labute approximate surface area is 202 Å². The number of carbonyl (C=O) groups is 3. The number of benzene rings is 1. The third-order valence-corrected chi connectivity index (χ3v) is 7.06. The standard InChI is InChI=1S/C26H27NO6S/c1-15-14-18-22(24(28)20(15)25(29)31-3)23(19-10-7-13-34-19)21(16(2)27-18)26(30)33-12-11-32-17-8-5-4-6-9-17/h4-10,13,15,20,23,27H,11-12,14H2,1-3H3. The number of Topliss-reactive ketones (excluding diaryl/α,β-unsaturated/α-hetero) is 1. The van der Waals surface area contributed by atoms with Crippen molar-refractivity contribution < 1.29 is 28.6 Å². The highest BCUT2D eigenvalue weighted by Crippen LogP contribution is 2.46. The van der Waals surface area contributed by atoms with Gasteiger partial charge in [-0.05, 0) is 42.8 Å². The molecule has 0 bridgehead atoms. The fourth-order valence-corrected chi connectivity index (χ4v) is 5.42. The quantitative estimate of drug-likeness (QED) is 0.363. The molecule has 0 amide bonds. The van der Waals surface area contributed by atoms with Crippen molar-refractivity contribution in [2.75, 3.05) is 20.3 Å². The van der Waals surface area contributed by atoms with Crippen LogP contribution in [0.25, 0.3) is 0 Å². The number of ether oxygens (including phenoxy) is 3. The fraction of sp³-hybridized carbons (Fsp3) is 0.346. The lowest BCUT2D eigenvalue weighted by molar-refractivity contribution is -0.151. The second-order valence-electron chi connectivity index (χ2n) is 8.35. The highest BCUT2D eigenvalue weighted by molar-refractivity contribution is 7.10. The van der Waals surface area contributed by atoms with Crippen molar-refractivity contribution in [1.82, 2.24) is 5.32 Å². The summed E-state index contributed by atoms with van der Waals surface area (Å²) in [5, 5.41) is 5.15. The smallest absolute Gasteiger partial charge is 0.336 e. The highest BCUT2D eigenvalue weighted by Gasteiger charge is 2.47. The lowest BCUT2D eigenvalue weighted by Crippen LogP contribution is -2.43. The number of carbonyl (C=O) groups excluding carboxylic acids is 3. The van der Waals surface area contributed by atoms with Gasteiger partial charge >= 0.3 is 11.9 Å². The summed E-state index contributed by atoms with van der Waals surface area (Å²) < 4.78 is 16.1. The molecule has 3 atom stereocenters. The normalized spacial score (nSPS) is 22.1. The number of dihydropyridines is 1. The molecule has 2 heterocycles. The van der Waals surface area contributed by atoms with Gasteiger partial charge in [0.15, 0.2) is 5.78 Å². The molecule has 0 fully saturated rings. The van der Waals surface area contributed by atoms with Crippen LogP contribution in [0.15, 0.2) is 70.4 Å². The van der Waals surface area contributed by atoms with E-state index >= 15 is 0 Å². The van der Waals surface area contributed by atoms with Crippen LogP contribution in [0.4, 0.5) is 0 Å². The van der Waals surface area contributed by atoms with Gasteiger partial charge in [-0.1, -0.05) is 31.2 Å². The predicted octanol–water partition coefficient (Wildman–Crippen LogP) is 3.98. The molecule has 8 heteroatoms. The minimum Gasteiger partial charge on any atom is -0.490 e. The molecule has 3 unspecified atom stereocenters. The summed E-state index contributed by atoms with van der Waals surface area (Å²) in [7, 11) is 1.28. The molecular weight excluding hydrogens is 454 g/mol. The maximum Gasteiger partial charge on any atom is 0.336 e. The van der Waals surface area contributed by atoms with Crippen molar-refractivity contribution in [2.24, 2.45) is 11.8 Å². The first kappa shape index (κ1) is 23.8. The second-order valence-corrected chi connectivity index (χ2v) is 9.33. The number of hydrogen-bond donors (Lipinski definition) is 1. The zero-order valence-corrected chi connectivity index (χ0v) is 20.1. The Bertz CT molecular complexity index is 1140. The number of para-hydroxylation sites is 1. The van der Waals surface area contributed by atoms with E-state index in [9.17, 15) is 14.4 Å². The molecule has 0 radical (unpaired) electrons. The average Bonchev–Trinajstić information content (AvgIpc) is 3.36. The van der Waals surface area contributed by atoms with E-state index in [2.05, 4.69) is 5.32 Å². The van der Waals surface area contributed by atoms with Crippen molar-refractivity contribution in [3.8, 4) is 5.75 Å². The van der Waals surface area contributed by atoms with Gasteiger partial charge < -0.3 is 19.5 Å². The highest BCUT2D eigenvalue weighted by atomic mass is 32.1. The first-order valence-electron chi connectivity index (χ1n) is 11.1. The van der Waals surface area contributed by atoms with E-state index in [0.29, 0.717) is 29.0 Å². The lowest BCUT2D eigenvalue weighted by Gasteiger charge is -2.37. The Kier molecular flexibility index (Phi) is 7.17. The number of nitrogens with one attached hydrogen (secondary N) is 1. The van der Waals surface area contributed by atoms with Crippen molar-refractivity contribution in [3.63, 3.8) is 0 Å². The van der Waals surface area contributed by atoms with Crippen LogP contribution >= 0.6 is 11.3 Å². The van der Waals surface area contributed by atoms with Crippen LogP contribution < -0.4 is 10.1 Å². The molecule has 178 valence electrons. The average molecular weight is 482 g/mol. The number of esters is 2. The zero-order chi connectivity index (χ0) is 24.2. The largest absolute Gasteiger partial charge is 0.490 e.